The molecule has 0 radical (unpaired) electrons. The Morgan fingerprint density at radius 3 is 2.39 bits per heavy atom. The van der Waals surface area contributed by atoms with Crippen molar-refractivity contribution in [2.45, 2.75) is 11.7 Å². The molecule has 0 spiro atoms. The van der Waals surface area contributed by atoms with Crippen LogP contribution in [0.4, 0.5) is 5.82 Å². The quantitative estimate of drug-likeness (QED) is 0.595. The fourth-order valence-corrected chi connectivity index (χ4v) is 2.47. The number of anilines is 1. The van der Waals surface area contributed by atoms with Crippen LogP contribution in [0.5, 0.6) is 11.5 Å². The zero-order valence-electron chi connectivity index (χ0n) is 13.5. The SMILES string of the molecule is COc1cc(CN(C)c2nc(SC)ncc2C#N)cc(OC)c1. The van der Waals surface area contributed by atoms with Crippen LogP contribution in [0.25, 0.3) is 0 Å². The summed E-state index contributed by atoms with van der Waals surface area (Å²) in [7, 11) is 5.12. The summed E-state index contributed by atoms with van der Waals surface area (Å²) >= 11 is 1.44. The van der Waals surface area contributed by atoms with Gasteiger partial charge < -0.3 is 14.4 Å². The number of hydrogen-bond donors (Lipinski definition) is 0. The van der Waals surface area contributed by atoms with E-state index in [1.165, 1.54) is 11.8 Å². The van der Waals surface area contributed by atoms with Crippen LogP contribution in [-0.2, 0) is 6.54 Å². The average Bonchev–Trinajstić information content (AvgIpc) is 2.60. The zero-order valence-corrected chi connectivity index (χ0v) is 14.3. The number of thioether (sulfide) groups is 1. The van der Waals surface area contributed by atoms with E-state index in [1.807, 2.05) is 36.4 Å². The monoisotopic (exact) mass is 330 g/mol. The van der Waals surface area contributed by atoms with E-state index in [1.54, 1.807) is 20.4 Å². The van der Waals surface area contributed by atoms with Gasteiger partial charge in [-0.2, -0.15) is 5.26 Å². The fourth-order valence-electron chi connectivity index (χ4n) is 2.13. The molecule has 0 amide bonds. The molecule has 0 unspecified atom stereocenters. The van der Waals surface area contributed by atoms with E-state index in [2.05, 4.69) is 16.0 Å². The van der Waals surface area contributed by atoms with Gasteiger partial charge in [0.2, 0.25) is 0 Å². The fraction of sp³-hybridized carbons (Fsp3) is 0.312. The maximum Gasteiger partial charge on any atom is 0.189 e. The normalized spacial score (nSPS) is 10.0. The van der Waals surface area contributed by atoms with Crippen molar-refractivity contribution in [2.24, 2.45) is 0 Å². The lowest BCUT2D eigenvalue weighted by Gasteiger charge is -2.20. The van der Waals surface area contributed by atoms with E-state index < -0.39 is 0 Å². The first-order valence-electron chi connectivity index (χ1n) is 6.85. The summed E-state index contributed by atoms with van der Waals surface area (Å²) in [5.74, 6) is 2.05. The Morgan fingerprint density at radius 2 is 1.87 bits per heavy atom. The first-order chi connectivity index (χ1) is 11.1. The second kappa shape index (κ2) is 7.70. The van der Waals surface area contributed by atoms with Gasteiger partial charge in [0, 0.05) is 19.7 Å². The molecule has 2 aromatic rings. The van der Waals surface area contributed by atoms with Gasteiger partial charge >= 0.3 is 0 Å². The summed E-state index contributed by atoms with van der Waals surface area (Å²) < 4.78 is 10.6. The Hall–Kier alpha value is -2.46. The van der Waals surface area contributed by atoms with Gasteiger partial charge in [0.25, 0.3) is 0 Å². The minimum Gasteiger partial charge on any atom is -0.497 e. The van der Waals surface area contributed by atoms with E-state index >= 15 is 0 Å². The van der Waals surface area contributed by atoms with Gasteiger partial charge in [0.05, 0.1) is 20.4 Å². The third-order valence-corrected chi connectivity index (χ3v) is 3.80. The van der Waals surface area contributed by atoms with E-state index in [4.69, 9.17) is 9.47 Å². The topological polar surface area (TPSA) is 71.3 Å². The van der Waals surface area contributed by atoms with Gasteiger partial charge in [-0.3, -0.25) is 0 Å². The summed E-state index contributed by atoms with van der Waals surface area (Å²) in [6.45, 7) is 0.563. The summed E-state index contributed by atoms with van der Waals surface area (Å²) in [6.07, 6.45) is 3.45. The van der Waals surface area contributed by atoms with Crippen molar-refractivity contribution >= 4 is 17.6 Å². The molecule has 1 aromatic carbocycles. The molecule has 1 heterocycles. The molecule has 23 heavy (non-hydrogen) atoms. The third-order valence-electron chi connectivity index (χ3n) is 3.24. The van der Waals surface area contributed by atoms with Crippen molar-refractivity contribution in [1.29, 1.82) is 5.26 Å². The molecule has 0 aliphatic heterocycles. The molecule has 0 saturated carbocycles. The molecule has 0 saturated heterocycles. The highest BCUT2D eigenvalue weighted by atomic mass is 32.2. The minimum absolute atomic E-state index is 0.445. The Labute approximate surface area is 140 Å². The Kier molecular flexibility index (Phi) is 5.66. The van der Waals surface area contributed by atoms with Crippen LogP contribution in [0.1, 0.15) is 11.1 Å². The van der Waals surface area contributed by atoms with Crippen molar-refractivity contribution in [1.82, 2.24) is 9.97 Å². The molecule has 0 bridgehead atoms. The average molecular weight is 330 g/mol. The van der Waals surface area contributed by atoms with Crippen molar-refractivity contribution in [3.63, 3.8) is 0 Å². The number of aromatic nitrogens is 2. The van der Waals surface area contributed by atoms with Crippen LogP contribution in [0.15, 0.2) is 29.6 Å². The first-order valence-corrected chi connectivity index (χ1v) is 8.08. The summed E-state index contributed by atoms with van der Waals surface area (Å²) in [5.41, 5.74) is 1.44. The summed E-state index contributed by atoms with van der Waals surface area (Å²) in [6, 6.07) is 7.82. The molecule has 2 rings (SSSR count). The Morgan fingerprint density at radius 1 is 1.22 bits per heavy atom. The number of methoxy groups -OCH3 is 2. The highest BCUT2D eigenvalue weighted by Crippen LogP contribution is 2.25. The molecule has 0 fully saturated rings. The van der Waals surface area contributed by atoms with E-state index in [0.717, 1.165) is 17.1 Å². The van der Waals surface area contributed by atoms with Crippen LogP contribution in [0.2, 0.25) is 0 Å². The maximum atomic E-state index is 9.26. The highest BCUT2D eigenvalue weighted by Gasteiger charge is 2.13. The van der Waals surface area contributed by atoms with Gasteiger partial charge in [0.15, 0.2) is 11.0 Å². The van der Waals surface area contributed by atoms with E-state index in [-0.39, 0.29) is 0 Å². The lowest BCUT2D eigenvalue weighted by molar-refractivity contribution is 0.393. The lowest BCUT2D eigenvalue weighted by Crippen LogP contribution is -2.19. The minimum atomic E-state index is 0.445. The lowest BCUT2D eigenvalue weighted by atomic mass is 10.2. The summed E-state index contributed by atoms with van der Waals surface area (Å²) in [4.78, 5) is 10.5. The number of hydrogen-bond acceptors (Lipinski definition) is 7. The molecule has 6 nitrogen and oxygen atoms in total. The number of nitrogens with zero attached hydrogens (tertiary/aromatic N) is 4. The molecular weight excluding hydrogens is 312 g/mol. The second-order valence-electron chi connectivity index (χ2n) is 4.78. The van der Waals surface area contributed by atoms with Gasteiger partial charge in [-0.1, -0.05) is 11.8 Å². The molecule has 0 aliphatic rings. The molecule has 1 aromatic heterocycles. The number of benzene rings is 1. The number of ether oxygens (including phenoxy) is 2. The molecular formula is C16H18N4O2S. The first kappa shape index (κ1) is 16.9. The van der Waals surface area contributed by atoms with Crippen LogP contribution < -0.4 is 14.4 Å². The smallest absolute Gasteiger partial charge is 0.189 e. The van der Waals surface area contributed by atoms with E-state index in [9.17, 15) is 5.26 Å². The molecule has 0 aliphatic carbocycles. The molecule has 0 atom stereocenters. The van der Waals surface area contributed by atoms with Crippen molar-refractivity contribution in [2.75, 3.05) is 32.4 Å². The Bertz CT molecular complexity index is 708. The predicted octanol–water partition coefficient (Wildman–Crippen LogP) is 2.72. The van der Waals surface area contributed by atoms with Gasteiger partial charge in [-0.05, 0) is 24.0 Å². The second-order valence-corrected chi connectivity index (χ2v) is 5.56. The standard InChI is InChI=1S/C16H18N4O2S/c1-20(15-12(8-17)9-18-16(19-15)23-4)10-11-5-13(21-2)7-14(6-11)22-3/h5-7,9H,10H2,1-4H3. The number of rotatable bonds is 6. The van der Waals surface area contributed by atoms with Crippen molar-refractivity contribution < 1.29 is 9.47 Å². The zero-order chi connectivity index (χ0) is 16.8. The van der Waals surface area contributed by atoms with Crippen LogP contribution in [0, 0.1) is 11.3 Å². The van der Waals surface area contributed by atoms with E-state index in [0.29, 0.717) is 23.1 Å². The largest absolute Gasteiger partial charge is 0.497 e. The third kappa shape index (κ3) is 4.05. The van der Waals surface area contributed by atoms with Crippen molar-refractivity contribution in [3.8, 4) is 17.6 Å². The maximum absolute atomic E-state index is 9.26. The highest BCUT2D eigenvalue weighted by molar-refractivity contribution is 7.98. The van der Waals surface area contributed by atoms with Gasteiger partial charge in [-0.25, -0.2) is 9.97 Å². The van der Waals surface area contributed by atoms with Crippen LogP contribution in [0.3, 0.4) is 0 Å². The molecule has 0 N–H and O–H groups in total. The summed E-state index contributed by atoms with van der Waals surface area (Å²) in [5, 5.41) is 9.89. The van der Waals surface area contributed by atoms with Crippen LogP contribution >= 0.6 is 11.8 Å². The van der Waals surface area contributed by atoms with Gasteiger partial charge in [0.1, 0.15) is 23.1 Å². The molecule has 120 valence electrons. The number of nitriles is 1. The molecule has 7 heteroatoms. The van der Waals surface area contributed by atoms with Crippen molar-refractivity contribution in [3.05, 3.63) is 35.5 Å². The predicted molar refractivity (Wildman–Crippen MR) is 90.2 cm³/mol. The Balaban J connectivity index is 2.32. The van der Waals surface area contributed by atoms with Gasteiger partial charge in [-0.15, -0.1) is 0 Å². The van der Waals surface area contributed by atoms with Crippen LogP contribution in [-0.4, -0.2) is 37.5 Å².